The third-order valence-corrected chi connectivity index (χ3v) is 2.75. The number of anilines is 1. The summed E-state index contributed by atoms with van der Waals surface area (Å²) in [6, 6.07) is 8.16. The van der Waals surface area contributed by atoms with Crippen molar-refractivity contribution in [1.29, 1.82) is 0 Å². The molecular weight excluding hydrogens is 228 g/mol. The van der Waals surface area contributed by atoms with Gasteiger partial charge in [0.2, 0.25) is 0 Å². The molecule has 0 aliphatic heterocycles. The van der Waals surface area contributed by atoms with Gasteiger partial charge in [-0.05, 0) is 12.1 Å². The van der Waals surface area contributed by atoms with E-state index in [9.17, 15) is 0 Å². The van der Waals surface area contributed by atoms with E-state index in [4.69, 9.17) is 4.74 Å². The number of aryl methyl sites for hydroxylation is 1. The van der Waals surface area contributed by atoms with Crippen molar-refractivity contribution in [3.63, 3.8) is 0 Å². The molecule has 0 saturated heterocycles. The van der Waals surface area contributed by atoms with Gasteiger partial charge in [0.25, 0.3) is 0 Å². The van der Waals surface area contributed by atoms with Crippen LogP contribution in [-0.2, 0) is 18.4 Å². The molecule has 0 amide bonds. The van der Waals surface area contributed by atoms with Gasteiger partial charge in [0.05, 0.1) is 0 Å². The van der Waals surface area contributed by atoms with Gasteiger partial charge < -0.3 is 9.64 Å². The molecule has 0 N–H and O–H groups in total. The SMILES string of the molecule is COCc1nc(-c2cccc(N(C)C)c2)nn1C. The molecule has 0 saturated carbocycles. The molecule has 0 unspecified atom stereocenters. The number of rotatable bonds is 4. The fraction of sp³-hybridized carbons (Fsp3) is 0.385. The van der Waals surface area contributed by atoms with Crippen LogP contribution in [0.4, 0.5) is 5.69 Å². The normalized spacial score (nSPS) is 10.7. The van der Waals surface area contributed by atoms with Crippen LogP contribution < -0.4 is 4.90 Å². The van der Waals surface area contributed by atoms with Crippen molar-refractivity contribution in [3.8, 4) is 11.4 Å². The maximum atomic E-state index is 5.09. The minimum atomic E-state index is 0.469. The second kappa shape index (κ2) is 5.18. The largest absolute Gasteiger partial charge is 0.378 e. The van der Waals surface area contributed by atoms with E-state index < -0.39 is 0 Å². The summed E-state index contributed by atoms with van der Waals surface area (Å²) in [5, 5.41) is 4.41. The van der Waals surface area contributed by atoms with Crippen LogP contribution in [-0.4, -0.2) is 36.0 Å². The van der Waals surface area contributed by atoms with Crippen molar-refractivity contribution in [3.05, 3.63) is 30.1 Å². The standard InChI is InChI=1S/C13H18N4O/c1-16(2)11-7-5-6-10(8-11)13-14-12(9-18-4)17(3)15-13/h5-8H,9H2,1-4H3. The molecule has 0 bridgehead atoms. The molecule has 0 fully saturated rings. The maximum Gasteiger partial charge on any atom is 0.181 e. The number of aromatic nitrogens is 3. The average Bonchev–Trinajstić information content (AvgIpc) is 2.72. The number of methoxy groups -OCH3 is 1. The second-order valence-corrected chi connectivity index (χ2v) is 4.35. The van der Waals surface area contributed by atoms with E-state index in [1.807, 2.05) is 33.3 Å². The van der Waals surface area contributed by atoms with E-state index in [-0.39, 0.29) is 0 Å². The first kappa shape index (κ1) is 12.6. The zero-order valence-electron chi connectivity index (χ0n) is 11.2. The molecule has 0 aliphatic rings. The zero-order chi connectivity index (χ0) is 13.1. The lowest BCUT2D eigenvalue weighted by Gasteiger charge is -2.12. The summed E-state index contributed by atoms with van der Waals surface area (Å²) in [6.07, 6.45) is 0. The van der Waals surface area contributed by atoms with E-state index in [1.165, 1.54) is 0 Å². The van der Waals surface area contributed by atoms with Crippen molar-refractivity contribution in [2.75, 3.05) is 26.1 Å². The number of hydrogen-bond donors (Lipinski definition) is 0. The summed E-state index contributed by atoms with van der Waals surface area (Å²) in [4.78, 5) is 6.54. The van der Waals surface area contributed by atoms with Gasteiger partial charge >= 0.3 is 0 Å². The van der Waals surface area contributed by atoms with Crippen LogP contribution in [0.25, 0.3) is 11.4 Å². The fourth-order valence-electron chi connectivity index (χ4n) is 1.72. The zero-order valence-corrected chi connectivity index (χ0v) is 11.2. The minimum Gasteiger partial charge on any atom is -0.378 e. The Hall–Kier alpha value is -1.88. The number of benzene rings is 1. The van der Waals surface area contributed by atoms with Gasteiger partial charge in [-0.1, -0.05) is 12.1 Å². The molecule has 2 aromatic rings. The highest BCUT2D eigenvalue weighted by Crippen LogP contribution is 2.21. The molecule has 5 heteroatoms. The van der Waals surface area contributed by atoms with Crippen molar-refractivity contribution in [2.24, 2.45) is 7.05 Å². The van der Waals surface area contributed by atoms with E-state index in [0.29, 0.717) is 6.61 Å². The van der Waals surface area contributed by atoms with Gasteiger partial charge in [0, 0.05) is 39.5 Å². The van der Waals surface area contributed by atoms with Crippen LogP contribution in [0.1, 0.15) is 5.82 Å². The molecule has 0 atom stereocenters. The number of nitrogens with zero attached hydrogens (tertiary/aromatic N) is 4. The Morgan fingerprint density at radius 3 is 2.78 bits per heavy atom. The highest BCUT2D eigenvalue weighted by atomic mass is 16.5. The van der Waals surface area contributed by atoms with Gasteiger partial charge in [0.1, 0.15) is 6.61 Å². The van der Waals surface area contributed by atoms with Gasteiger partial charge in [-0.3, -0.25) is 4.68 Å². The molecule has 1 aromatic heterocycles. The van der Waals surface area contributed by atoms with Gasteiger partial charge in [-0.25, -0.2) is 4.98 Å². The summed E-state index contributed by atoms with van der Waals surface area (Å²) in [5.74, 6) is 1.55. The summed E-state index contributed by atoms with van der Waals surface area (Å²) in [7, 11) is 7.56. The third-order valence-electron chi connectivity index (χ3n) is 2.75. The highest BCUT2D eigenvalue weighted by molar-refractivity contribution is 5.62. The third kappa shape index (κ3) is 2.51. The van der Waals surface area contributed by atoms with E-state index in [0.717, 1.165) is 22.9 Å². The molecule has 18 heavy (non-hydrogen) atoms. The van der Waals surface area contributed by atoms with Crippen molar-refractivity contribution in [2.45, 2.75) is 6.61 Å². The molecule has 0 radical (unpaired) electrons. The first-order chi connectivity index (χ1) is 8.61. The summed E-state index contributed by atoms with van der Waals surface area (Å²) < 4.78 is 6.84. The number of ether oxygens (including phenoxy) is 1. The first-order valence-electron chi connectivity index (χ1n) is 5.78. The van der Waals surface area contributed by atoms with Crippen LogP contribution in [0.5, 0.6) is 0 Å². The quantitative estimate of drug-likeness (QED) is 0.823. The Balaban J connectivity index is 2.36. The monoisotopic (exact) mass is 246 g/mol. The molecule has 96 valence electrons. The Kier molecular flexibility index (Phi) is 3.62. The van der Waals surface area contributed by atoms with Crippen molar-refractivity contribution < 1.29 is 4.74 Å². The highest BCUT2D eigenvalue weighted by Gasteiger charge is 2.09. The molecular formula is C13H18N4O. The lowest BCUT2D eigenvalue weighted by Crippen LogP contribution is -2.08. The van der Waals surface area contributed by atoms with E-state index in [1.54, 1.807) is 11.8 Å². The Bertz CT molecular complexity index is 534. The topological polar surface area (TPSA) is 43.2 Å². The Labute approximate surface area is 107 Å². The fourth-order valence-corrected chi connectivity index (χ4v) is 1.72. The summed E-state index contributed by atoms with van der Waals surface area (Å²) in [6.45, 7) is 0.469. The predicted octanol–water partition coefficient (Wildman–Crippen LogP) is 1.69. The summed E-state index contributed by atoms with van der Waals surface area (Å²) in [5.41, 5.74) is 2.15. The van der Waals surface area contributed by atoms with Crippen molar-refractivity contribution >= 4 is 5.69 Å². The Morgan fingerprint density at radius 1 is 1.33 bits per heavy atom. The Morgan fingerprint density at radius 2 is 2.11 bits per heavy atom. The maximum absolute atomic E-state index is 5.09. The molecule has 0 spiro atoms. The molecule has 2 rings (SSSR count). The van der Waals surface area contributed by atoms with Crippen LogP contribution >= 0.6 is 0 Å². The van der Waals surface area contributed by atoms with Crippen molar-refractivity contribution in [1.82, 2.24) is 14.8 Å². The second-order valence-electron chi connectivity index (χ2n) is 4.35. The predicted molar refractivity (Wildman–Crippen MR) is 71.5 cm³/mol. The minimum absolute atomic E-state index is 0.469. The van der Waals surface area contributed by atoms with Crippen LogP contribution in [0.15, 0.2) is 24.3 Å². The smallest absolute Gasteiger partial charge is 0.181 e. The average molecular weight is 246 g/mol. The molecule has 0 aliphatic carbocycles. The number of hydrogen-bond acceptors (Lipinski definition) is 4. The van der Waals surface area contributed by atoms with Gasteiger partial charge in [-0.2, -0.15) is 5.10 Å². The van der Waals surface area contributed by atoms with Crippen LogP contribution in [0.2, 0.25) is 0 Å². The van der Waals surface area contributed by atoms with Gasteiger partial charge in [-0.15, -0.1) is 0 Å². The van der Waals surface area contributed by atoms with Crippen LogP contribution in [0.3, 0.4) is 0 Å². The first-order valence-corrected chi connectivity index (χ1v) is 5.78. The lowest BCUT2D eigenvalue weighted by atomic mass is 10.2. The van der Waals surface area contributed by atoms with E-state index >= 15 is 0 Å². The van der Waals surface area contributed by atoms with Gasteiger partial charge in [0.15, 0.2) is 11.6 Å². The molecule has 5 nitrogen and oxygen atoms in total. The molecule has 1 aromatic carbocycles. The molecule has 1 heterocycles. The summed E-state index contributed by atoms with van der Waals surface area (Å²) >= 11 is 0. The lowest BCUT2D eigenvalue weighted by molar-refractivity contribution is 0.174. The van der Waals surface area contributed by atoms with Crippen LogP contribution in [0, 0.1) is 0 Å². The van der Waals surface area contributed by atoms with E-state index in [2.05, 4.69) is 27.1 Å².